The summed E-state index contributed by atoms with van der Waals surface area (Å²) in [5.74, 6) is -0.184. The number of imidazole rings is 1. The van der Waals surface area contributed by atoms with Crippen LogP contribution in [0.3, 0.4) is 0 Å². The lowest BCUT2D eigenvalue weighted by atomic mass is 10.1. The topological polar surface area (TPSA) is 75.5 Å². The monoisotopic (exact) mass is 356 g/mol. The number of rotatable bonds is 6. The molecular formula is C18H20N4O2S. The second kappa shape index (κ2) is 7.48. The maximum absolute atomic E-state index is 12.1. The number of hydrogen-bond donors (Lipinski definition) is 2. The fourth-order valence-electron chi connectivity index (χ4n) is 2.33. The highest BCUT2D eigenvalue weighted by molar-refractivity contribution is 7.15. The molecule has 1 aromatic carbocycles. The fraction of sp³-hybridized carbons (Fsp3) is 0.278. The first-order valence-electron chi connectivity index (χ1n) is 8.09. The third-order valence-corrected chi connectivity index (χ3v) is 4.46. The van der Waals surface area contributed by atoms with Gasteiger partial charge in [0.25, 0.3) is 0 Å². The van der Waals surface area contributed by atoms with E-state index in [1.165, 1.54) is 11.3 Å². The zero-order chi connectivity index (χ0) is 17.8. The molecule has 0 aliphatic carbocycles. The molecule has 25 heavy (non-hydrogen) atoms. The molecule has 0 spiro atoms. The Balaban J connectivity index is 1.54. The molecule has 6 nitrogen and oxygen atoms in total. The van der Waals surface area contributed by atoms with E-state index in [1.54, 1.807) is 0 Å². The Bertz CT molecular complexity index is 869. The Hall–Kier alpha value is -2.67. The number of carbonyl (C=O) groups excluding carboxylic acids is 2. The number of anilines is 1. The van der Waals surface area contributed by atoms with E-state index in [2.05, 4.69) is 15.6 Å². The third kappa shape index (κ3) is 4.45. The largest absolute Gasteiger partial charge is 0.352 e. The number of thiazole rings is 1. The van der Waals surface area contributed by atoms with Crippen LogP contribution in [0.2, 0.25) is 0 Å². The van der Waals surface area contributed by atoms with Gasteiger partial charge in [0.1, 0.15) is 0 Å². The fourth-order valence-corrected chi connectivity index (χ4v) is 3.05. The molecule has 0 radical (unpaired) electrons. The van der Waals surface area contributed by atoms with Crippen LogP contribution in [0.15, 0.2) is 42.0 Å². The minimum absolute atomic E-state index is 0.0269. The van der Waals surface area contributed by atoms with Crippen LogP contribution in [-0.4, -0.2) is 21.2 Å². The number of amides is 2. The molecule has 0 unspecified atom stereocenters. The summed E-state index contributed by atoms with van der Waals surface area (Å²) in [5.41, 5.74) is 2.42. The summed E-state index contributed by atoms with van der Waals surface area (Å²) in [5, 5.41) is 7.70. The van der Waals surface area contributed by atoms with Gasteiger partial charge in [-0.05, 0) is 17.7 Å². The maximum Gasteiger partial charge on any atom is 0.226 e. The van der Waals surface area contributed by atoms with Crippen LogP contribution in [0.4, 0.5) is 5.69 Å². The lowest BCUT2D eigenvalue weighted by Gasteiger charge is -2.10. The molecule has 3 aromatic rings. The Labute approximate surface area is 149 Å². The van der Waals surface area contributed by atoms with Gasteiger partial charge >= 0.3 is 0 Å². The number of carbonyl (C=O) groups is 2. The summed E-state index contributed by atoms with van der Waals surface area (Å²) in [7, 11) is 0. The second-order valence-corrected chi connectivity index (χ2v) is 7.00. The van der Waals surface area contributed by atoms with E-state index < -0.39 is 0 Å². The molecule has 2 N–H and O–H groups in total. The highest BCUT2D eigenvalue weighted by Gasteiger charge is 2.09. The quantitative estimate of drug-likeness (QED) is 0.713. The van der Waals surface area contributed by atoms with Gasteiger partial charge in [0, 0.05) is 35.9 Å². The van der Waals surface area contributed by atoms with Crippen molar-refractivity contribution < 1.29 is 9.59 Å². The number of hydrogen-bond acceptors (Lipinski definition) is 4. The first-order chi connectivity index (χ1) is 12.0. The molecule has 0 fully saturated rings. The van der Waals surface area contributed by atoms with Crippen molar-refractivity contribution in [3.63, 3.8) is 0 Å². The van der Waals surface area contributed by atoms with Crippen molar-refractivity contribution in [1.29, 1.82) is 0 Å². The van der Waals surface area contributed by atoms with E-state index in [-0.39, 0.29) is 24.2 Å². The average molecular weight is 356 g/mol. The normalized spacial score (nSPS) is 11.0. The van der Waals surface area contributed by atoms with E-state index in [1.807, 2.05) is 60.3 Å². The Morgan fingerprint density at radius 2 is 2.16 bits per heavy atom. The maximum atomic E-state index is 12.1. The molecule has 0 aliphatic heterocycles. The van der Waals surface area contributed by atoms with Crippen LogP contribution < -0.4 is 10.6 Å². The third-order valence-electron chi connectivity index (χ3n) is 3.69. The number of nitrogens with zero attached hydrogens (tertiary/aromatic N) is 2. The SMILES string of the molecule is CC(C)C(=O)Nc1cccc(CNC(=O)Cc2cn3ccsc3n2)c1. The molecule has 0 saturated carbocycles. The summed E-state index contributed by atoms with van der Waals surface area (Å²) in [6.45, 7) is 4.10. The molecule has 130 valence electrons. The Kier molecular flexibility index (Phi) is 5.14. The molecule has 2 amide bonds. The molecule has 2 heterocycles. The van der Waals surface area contributed by atoms with E-state index in [9.17, 15) is 9.59 Å². The highest BCUT2D eigenvalue weighted by atomic mass is 32.1. The molecule has 0 aliphatic rings. The standard InChI is InChI=1S/C18H20N4O2S/c1-12(2)17(24)20-14-5-3-4-13(8-14)10-19-16(23)9-15-11-22-6-7-25-18(22)21-15/h3-8,11-12H,9-10H2,1-2H3,(H,19,23)(H,20,24). The number of fused-ring (bicyclic) bond motifs is 1. The van der Waals surface area contributed by atoms with Gasteiger partial charge in [-0.1, -0.05) is 26.0 Å². The summed E-state index contributed by atoms with van der Waals surface area (Å²) < 4.78 is 1.91. The number of benzene rings is 1. The van der Waals surface area contributed by atoms with E-state index in [4.69, 9.17) is 0 Å². The smallest absolute Gasteiger partial charge is 0.226 e. The van der Waals surface area contributed by atoms with Gasteiger partial charge in [-0.3, -0.25) is 14.0 Å². The van der Waals surface area contributed by atoms with Crippen molar-refractivity contribution in [3.05, 3.63) is 53.3 Å². The van der Waals surface area contributed by atoms with Crippen molar-refractivity contribution in [2.45, 2.75) is 26.8 Å². The van der Waals surface area contributed by atoms with Gasteiger partial charge in [-0.25, -0.2) is 4.98 Å². The van der Waals surface area contributed by atoms with Gasteiger partial charge < -0.3 is 10.6 Å². The van der Waals surface area contributed by atoms with Crippen LogP contribution >= 0.6 is 11.3 Å². The minimum atomic E-state index is -0.0811. The van der Waals surface area contributed by atoms with Gasteiger partial charge in [0.2, 0.25) is 11.8 Å². The Morgan fingerprint density at radius 1 is 1.32 bits per heavy atom. The van der Waals surface area contributed by atoms with Crippen molar-refractivity contribution in [2.24, 2.45) is 5.92 Å². The molecular weight excluding hydrogens is 336 g/mol. The zero-order valence-corrected chi connectivity index (χ0v) is 15.0. The summed E-state index contributed by atoms with van der Waals surface area (Å²) in [6, 6.07) is 7.48. The van der Waals surface area contributed by atoms with Gasteiger partial charge in [0.15, 0.2) is 4.96 Å². The lowest BCUT2D eigenvalue weighted by molar-refractivity contribution is -0.121. The second-order valence-electron chi connectivity index (χ2n) is 6.12. The first-order valence-corrected chi connectivity index (χ1v) is 8.97. The number of nitrogens with one attached hydrogen (secondary N) is 2. The van der Waals surface area contributed by atoms with Gasteiger partial charge in [0.05, 0.1) is 12.1 Å². The molecule has 0 bridgehead atoms. The summed E-state index contributed by atoms with van der Waals surface area (Å²) >= 11 is 1.54. The number of aromatic nitrogens is 2. The first kappa shape index (κ1) is 17.2. The molecule has 2 aromatic heterocycles. The van der Waals surface area contributed by atoms with Crippen molar-refractivity contribution in [2.75, 3.05) is 5.32 Å². The van der Waals surface area contributed by atoms with Crippen LogP contribution in [0.5, 0.6) is 0 Å². The highest BCUT2D eigenvalue weighted by Crippen LogP contribution is 2.13. The molecule has 3 rings (SSSR count). The zero-order valence-electron chi connectivity index (χ0n) is 14.2. The summed E-state index contributed by atoms with van der Waals surface area (Å²) in [6.07, 6.45) is 4.04. The average Bonchev–Trinajstić information content (AvgIpc) is 3.14. The minimum Gasteiger partial charge on any atom is -0.352 e. The Morgan fingerprint density at radius 3 is 2.92 bits per heavy atom. The van der Waals surface area contributed by atoms with Gasteiger partial charge in [-0.2, -0.15) is 0 Å². The lowest BCUT2D eigenvalue weighted by Crippen LogP contribution is -2.24. The predicted molar refractivity (Wildman–Crippen MR) is 98.5 cm³/mol. The van der Waals surface area contributed by atoms with Crippen molar-refractivity contribution in [3.8, 4) is 0 Å². The predicted octanol–water partition coefficient (Wildman–Crippen LogP) is 2.85. The van der Waals surface area contributed by atoms with Crippen molar-refractivity contribution in [1.82, 2.24) is 14.7 Å². The molecule has 7 heteroatoms. The van der Waals surface area contributed by atoms with Crippen LogP contribution in [0, 0.1) is 5.92 Å². The van der Waals surface area contributed by atoms with Gasteiger partial charge in [-0.15, -0.1) is 11.3 Å². The van der Waals surface area contributed by atoms with E-state index in [0.717, 1.165) is 21.9 Å². The molecule has 0 saturated heterocycles. The van der Waals surface area contributed by atoms with E-state index in [0.29, 0.717) is 6.54 Å². The van der Waals surface area contributed by atoms with Crippen LogP contribution in [0.1, 0.15) is 25.1 Å². The van der Waals surface area contributed by atoms with E-state index >= 15 is 0 Å². The van der Waals surface area contributed by atoms with Crippen LogP contribution in [0.25, 0.3) is 4.96 Å². The van der Waals surface area contributed by atoms with Crippen molar-refractivity contribution >= 4 is 33.8 Å². The molecule has 0 atom stereocenters. The summed E-state index contributed by atoms with van der Waals surface area (Å²) in [4.78, 5) is 29.2. The van der Waals surface area contributed by atoms with Crippen LogP contribution in [-0.2, 0) is 22.6 Å².